The number of esters is 1. The van der Waals surface area contributed by atoms with Gasteiger partial charge in [0, 0.05) is 36.7 Å². The zero-order valence-corrected chi connectivity index (χ0v) is 25.3. The van der Waals surface area contributed by atoms with E-state index in [0.717, 1.165) is 49.2 Å². The number of benzene rings is 2. The molecule has 0 aromatic heterocycles. The van der Waals surface area contributed by atoms with Crippen LogP contribution in [0.2, 0.25) is 10.0 Å². The van der Waals surface area contributed by atoms with Gasteiger partial charge >= 0.3 is 12.1 Å². The van der Waals surface area contributed by atoms with Crippen molar-refractivity contribution in [1.29, 1.82) is 0 Å². The summed E-state index contributed by atoms with van der Waals surface area (Å²) in [5.74, 6) is -0.202. The van der Waals surface area contributed by atoms with Crippen LogP contribution < -0.4 is 9.64 Å². The second-order valence-corrected chi connectivity index (χ2v) is 13.0. The fraction of sp³-hybridized carbons (Fsp3) is 0.548. The Balaban J connectivity index is 1.29. The Bertz CT molecular complexity index is 1240. The summed E-state index contributed by atoms with van der Waals surface area (Å²) in [6.45, 7) is 9.11. The van der Waals surface area contributed by atoms with E-state index in [1.165, 1.54) is 7.11 Å². The van der Waals surface area contributed by atoms with Gasteiger partial charge in [-0.05, 0) is 82.3 Å². The monoisotopic (exact) mass is 588 g/mol. The van der Waals surface area contributed by atoms with Crippen molar-refractivity contribution in [2.75, 3.05) is 25.1 Å². The highest BCUT2D eigenvalue weighted by Crippen LogP contribution is 2.48. The molecule has 3 aliphatic heterocycles. The lowest BCUT2D eigenvalue weighted by Gasteiger charge is -2.43. The molecular formula is C31H38Cl2N2O5. The molecule has 2 aromatic carbocycles. The van der Waals surface area contributed by atoms with Crippen LogP contribution in [0, 0.1) is 12.8 Å². The highest BCUT2D eigenvalue weighted by atomic mass is 35.5. The number of piperidine rings is 1. The third-order valence-corrected chi connectivity index (χ3v) is 8.82. The van der Waals surface area contributed by atoms with Crippen LogP contribution in [0.3, 0.4) is 0 Å². The van der Waals surface area contributed by atoms with Crippen LogP contribution in [0.5, 0.6) is 5.75 Å². The molecule has 9 heteroatoms. The van der Waals surface area contributed by atoms with E-state index in [0.29, 0.717) is 22.2 Å². The summed E-state index contributed by atoms with van der Waals surface area (Å²) in [4.78, 5) is 30.2. The molecule has 0 unspecified atom stereocenters. The summed E-state index contributed by atoms with van der Waals surface area (Å²) in [6, 6.07) is 12.0. The zero-order valence-electron chi connectivity index (χ0n) is 23.8. The van der Waals surface area contributed by atoms with Gasteiger partial charge in [0.05, 0.1) is 29.6 Å². The van der Waals surface area contributed by atoms with Gasteiger partial charge < -0.3 is 24.0 Å². The largest absolute Gasteiger partial charge is 0.485 e. The Morgan fingerprint density at radius 2 is 1.68 bits per heavy atom. The molecule has 0 saturated carbocycles. The standard InChI is InChI=1S/C31H38Cl2N2O5/c1-18-14-24(32)28(25(33)15-18)39-22-12-13-34(17-22)20-8-6-19(7-9-20)23-16-21-10-11-26(27(23)29(36)38-5)35(21)30(37)40-31(2,3)4/h6-9,14-15,21-23,26-27H,10-13,16-17H2,1-5H3/t21-,22-,23+,26+,27+/m1/s1. The number of hydrogen-bond acceptors (Lipinski definition) is 6. The van der Waals surface area contributed by atoms with Gasteiger partial charge in [0.1, 0.15) is 11.7 Å². The lowest BCUT2D eigenvalue weighted by atomic mass is 9.76. The fourth-order valence-electron chi connectivity index (χ4n) is 6.56. The van der Waals surface area contributed by atoms with Gasteiger partial charge in [0.2, 0.25) is 0 Å². The van der Waals surface area contributed by atoms with Crippen molar-refractivity contribution in [2.24, 2.45) is 5.92 Å². The van der Waals surface area contributed by atoms with E-state index in [1.807, 2.05) is 39.8 Å². The number of ether oxygens (including phenoxy) is 3. The van der Waals surface area contributed by atoms with E-state index in [2.05, 4.69) is 29.2 Å². The van der Waals surface area contributed by atoms with Crippen LogP contribution in [-0.2, 0) is 14.3 Å². The zero-order chi connectivity index (χ0) is 28.8. The molecule has 1 amide bonds. The van der Waals surface area contributed by atoms with Crippen molar-refractivity contribution in [2.45, 2.75) is 83.1 Å². The number of rotatable bonds is 5. The number of fused-ring (bicyclic) bond motifs is 2. The number of anilines is 1. The topological polar surface area (TPSA) is 68.3 Å². The molecule has 3 fully saturated rings. The molecule has 3 saturated heterocycles. The van der Waals surface area contributed by atoms with E-state index >= 15 is 0 Å². The maximum atomic E-state index is 13.1. The average Bonchev–Trinajstić information content (AvgIpc) is 3.48. The van der Waals surface area contributed by atoms with Crippen LogP contribution in [0.4, 0.5) is 10.5 Å². The second-order valence-electron chi connectivity index (χ2n) is 12.2. The predicted octanol–water partition coefficient (Wildman–Crippen LogP) is 7.00. The number of aryl methyl sites for hydroxylation is 1. The predicted molar refractivity (Wildman–Crippen MR) is 157 cm³/mol. The first kappa shape index (κ1) is 28.9. The maximum absolute atomic E-state index is 13.1. The van der Waals surface area contributed by atoms with Crippen LogP contribution in [0.25, 0.3) is 0 Å². The normalized spacial score (nSPS) is 26.1. The molecule has 0 radical (unpaired) electrons. The Morgan fingerprint density at radius 3 is 2.30 bits per heavy atom. The third kappa shape index (κ3) is 5.87. The molecule has 0 N–H and O–H groups in total. The number of carbonyl (C=O) groups is 2. The Morgan fingerprint density at radius 1 is 1.00 bits per heavy atom. The number of amides is 1. The van der Waals surface area contributed by atoms with Crippen molar-refractivity contribution in [3.63, 3.8) is 0 Å². The van der Waals surface area contributed by atoms with Gasteiger partial charge in [0.25, 0.3) is 0 Å². The van der Waals surface area contributed by atoms with Crippen LogP contribution >= 0.6 is 23.2 Å². The van der Waals surface area contributed by atoms with Gasteiger partial charge in [0.15, 0.2) is 5.75 Å². The van der Waals surface area contributed by atoms with Crippen molar-refractivity contribution < 1.29 is 23.8 Å². The van der Waals surface area contributed by atoms with Gasteiger partial charge in [-0.15, -0.1) is 0 Å². The lowest BCUT2D eigenvalue weighted by molar-refractivity contribution is -0.150. The molecule has 2 bridgehead atoms. The second kappa shape index (κ2) is 11.3. The highest BCUT2D eigenvalue weighted by molar-refractivity contribution is 6.37. The molecule has 2 aromatic rings. The molecule has 5 atom stereocenters. The first-order valence-electron chi connectivity index (χ1n) is 14.0. The number of methoxy groups -OCH3 is 1. The minimum Gasteiger partial charge on any atom is -0.485 e. The van der Waals surface area contributed by atoms with Gasteiger partial charge in [-0.2, -0.15) is 0 Å². The summed E-state index contributed by atoms with van der Waals surface area (Å²) >= 11 is 12.8. The number of nitrogens with zero attached hydrogens (tertiary/aromatic N) is 2. The summed E-state index contributed by atoms with van der Waals surface area (Å²) in [5.41, 5.74) is 2.58. The molecule has 3 aliphatic rings. The molecule has 3 heterocycles. The van der Waals surface area contributed by atoms with E-state index in [9.17, 15) is 9.59 Å². The minimum absolute atomic E-state index is 0.0195. The van der Waals surface area contributed by atoms with Crippen molar-refractivity contribution in [3.05, 3.63) is 57.6 Å². The highest BCUT2D eigenvalue weighted by Gasteiger charge is 2.53. The first-order chi connectivity index (χ1) is 18.9. The molecule has 5 rings (SSSR count). The molecule has 0 aliphatic carbocycles. The Kier molecular flexibility index (Phi) is 8.17. The van der Waals surface area contributed by atoms with Crippen molar-refractivity contribution >= 4 is 41.0 Å². The quantitative estimate of drug-likeness (QED) is 0.350. The molecule has 40 heavy (non-hydrogen) atoms. The van der Waals surface area contributed by atoms with Crippen LogP contribution in [0.1, 0.15) is 63.5 Å². The fourth-order valence-corrected chi connectivity index (χ4v) is 7.25. The number of hydrogen-bond donors (Lipinski definition) is 0. The average molecular weight is 590 g/mol. The van der Waals surface area contributed by atoms with E-state index in [1.54, 1.807) is 4.90 Å². The smallest absolute Gasteiger partial charge is 0.410 e. The van der Waals surface area contributed by atoms with E-state index in [4.69, 9.17) is 37.4 Å². The van der Waals surface area contributed by atoms with Crippen molar-refractivity contribution in [3.8, 4) is 5.75 Å². The van der Waals surface area contributed by atoms with Crippen molar-refractivity contribution in [1.82, 2.24) is 4.90 Å². The first-order valence-corrected chi connectivity index (χ1v) is 14.8. The molecule has 7 nitrogen and oxygen atoms in total. The number of halogens is 2. The van der Waals surface area contributed by atoms with Crippen LogP contribution in [0.15, 0.2) is 36.4 Å². The van der Waals surface area contributed by atoms with Gasteiger partial charge in [-0.3, -0.25) is 4.79 Å². The van der Waals surface area contributed by atoms with E-state index in [-0.39, 0.29) is 36.2 Å². The Labute approximate surface area is 246 Å². The minimum atomic E-state index is -0.595. The third-order valence-electron chi connectivity index (χ3n) is 8.26. The Hall–Kier alpha value is -2.64. The molecular weight excluding hydrogens is 551 g/mol. The SMILES string of the molecule is COC(=O)[C@H]1[C@H](c2ccc(N3CC[C@@H](Oc4c(Cl)cc(C)cc4Cl)C3)cc2)C[C@H]2CC[C@@H]1N2C(=O)OC(C)(C)C. The summed E-state index contributed by atoms with van der Waals surface area (Å²) in [5, 5.41) is 1.05. The molecule has 0 spiro atoms. The summed E-state index contributed by atoms with van der Waals surface area (Å²) in [6.07, 6.45) is 2.82. The summed E-state index contributed by atoms with van der Waals surface area (Å²) in [7, 11) is 1.42. The van der Waals surface area contributed by atoms with Gasteiger partial charge in [-0.1, -0.05) is 35.3 Å². The van der Waals surface area contributed by atoms with E-state index < -0.39 is 11.5 Å². The molecule has 216 valence electrons. The van der Waals surface area contributed by atoms with Crippen LogP contribution in [-0.4, -0.2) is 61.0 Å². The van der Waals surface area contributed by atoms with Gasteiger partial charge in [-0.25, -0.2) is 4.79 Å². The lowest BCUT2D eigenvalue weighted by Crippen LogP contribution is -2.54. The maximum Gasteiger partial charge on any atom is 0.410 e. The summed E-state index contributed by atoms with van der Waals surface area (Å²) < 4.78 is 17.2. The number of carbonyl (C=O) groups excluding carboxylic acids is 2.